The van der Waals surface area contributed by atoms with Crippen LogP contribution in [0.15, 0.2) is 48.8 Å². The molecule has 10 nitrogen and oxygen atoms in total. The summed E-state index contributed by atoms with van der Waals surface area (Å²) >= 11 is 6.14. The number of hydrogen-bond acceptors (Lipinski definition) is 7. The molecule has 0 bridgehead atoms. The standard InChI is InChI=1S/C27H30ClN7O3/c1-16(2)38-27(37)30-10-21-13-34(12-20-9-18-8-19(28)4-6-23(18)33-20)14-25(36)35(21)11-17-3-5-22-24(7-17)31-15-32-26(22)29/h3-9,15-16,21,33H,10-14H2,1-2H3,(H,30,37)(H2,29,31,32). The second-order valence-electron chi connectivity index (χ2n) is 9.82. The number of fused-ring (bicyclic) bond motifs is 2. The first kappa shape index (κ1) is 25.7. The van der Waals surface area contributed by atoms with Crippen LogP contribution < -0.4 is 11.1 Å². The summed E-state index contributed by atoms with van der Waals surface area (Å²) in [5, 5.41) is 5.29. The topological polar surface area (TPSA) is 129 Å². The van der Waals surface area contributed by atoms with Crippen LogP contribution in [0.4, 0.5) is 10.6 Å². The largest absolute Gasteiger partial charge is 0.447 e. The van der Waals surface area contributed by atoms with Crippen molar-refractivity contribution in [3.63, 3.8) is 0 Å². The number of aromatic nitrogens is 3. The number of piperazine rings is 1. The number of carbonyl (C=O) groups is 2. The summed E-state index contributed by atoms with van der Waals surface area (Å²) < 4.78 is 5.24. The minimum Gasteiger partial charge on any atom is -0.447 e. The summed E-state index contributed by atoms with van der Waals surface area (Å²) in [7, 11) is 0. The van der Waals surface area contributed by atoms with E-state index in [1.165, 1.54) is 6.33 Å². The lowest BCUT2D eigenvalue weighted by Gasteiger charge is -2.41. The first-order valence-electron chi connectivity index (χ1n) is 12.5. The Labute approximate surface area is 225 Å². The van der Waals surface area contributed by atoms with Crippen molar-refractivity contribution in [1.29, 1.82) is 0 Å². The molecule has 4 aromatic rings. The van der Waals surface area contributed by atoms with Gasteiger partial charge in [0.25, 0.3) is 0 Å². The Hall–Kier alpha value is -3.89. The number of nitrogens with zero attached hydrogens (tertiary/aromatic N) is 4. The molecule has 38 heavy (non-hydrogen) atoms. The van der Waals surface area contributed by atoms with Gasteiger partial charge < -0.3 is 25.7 Å². The number of benzene rings is 2. The van der Waals surface area contributed by atoms with Crippen molar-refractivity contribution in [2.24, 2.45) is 0 Å². The molecule has 1 atom stereocenters. The number of aromatic amines is 1. The minimum absolute atomic E-state index is 0.0262. The predicted molar refractivity (Wildman–Crippen MR) is 146 cm³/mol. The average Bonchev–Trinajstić information content (AvgIpc) is 3.25. The van der Waals surface area contributed by atoms with Gasteiger partial charge in [0, 0.05) is 53.2 Å². The summed E-state index contributed by atoms with van der Waals surface area (Å²) in [6.07, 6.45) is 0.684. The van der Waals surface area contributed by atoms with Crippen LogP contribution in [0.5, 0.6) is 0 Å². The second-order valence-corrected chi connectivity index (χ2v) is 10.3. The smallest absolute Gasteiger partial charge is 0.407 e. The van der Waals surface area contributed by atoms with Gasteiger partial charge in [0.15, 0.2) is 0 Å². The van der Waals surface area contributed by atoms with Crippen LogP contribution in [0.3, 0.4) is 0 Å². The van der Waals surface area contributed by atoms with E-state index >= 15 is 0 Å². The van der Waals surface area contributed by atoms with Gasteiger partial charge in [0.05, 0.1) is 24.2 Å². The molecule has 1 aliphatic heterocycles. The van der Waals surface area contributed by atoms with Gasteiger partial charge in [-0.1, -0.05) is 17.7 Å². The van der Waals surface area contributed by atoms with Gasteiger partial charge >= 0.3 is 6.09 Å². The number of H-pyrrole nitrogens is 1. The van der Waals surface area contributed by atoms with E-state index in [2.05, 4.69) is 25.2 Å². The minimum atomic E-state index is -0.505. The van der Waals surface area contributed by atoms with Crippen LogP contribution in [0, 0.1) is 0 Å². The lowest BCUT2D eigenvalue weighted by Crippen LogP contribution is -2.59. The van der Waals surface area contributed by atoms with Gasteiger partial charge in [-0.15, -0.1) is 0 Å². The van der Waals surface area contributed by atoms with Crippen LogP contribution in [-0.4, -0.2) is 68.5 Å². The lowest BCUT2D eigenvalue weighted by molar-refractivity contribution is -0.140. The maximum absolute atomic E-state index is 13.4. The Kier molecular flexibility index (Phi) is 7.35. The van der Waals surface area contributed by atoms with E-state index < -0.39 is 6.09 Å². The van der Waals surface area contributed by atoms with Crippen molar-refractivity contribution in [2.75, 3.05) is 25.4 Å². The highest BCUT2D eigenvalue weighted by atomic mass is 35.5. The quantitative estimate of drug-likeness (QED) is 0.329. The van der Waals surface area contributed by atoms with E-state index in [0.29, 0.717) is 30.5 Å². The molecular weight excluding hydrogens is 506 g/mol. The molecule has 2 aromatic heterocycles. The van der Waals surface area contributed by atoms with E-state index in [0.717, 1.165) is 33.1 Å². The van der Waals surface area contributed by atoms with Gasteiger partial charge in [-0.25, -0.2) is 14.8 Å². The molecule has 198 valence electrons. The van der Waals surface area contributed by atoms with E-state index in [1.807, 2.05) is 47.4 Å². The Balaban J connectivity index is 1.34. The highest BCUT2D eigenvalue weighted by Crippen LogP contribution is 2.24. The number of anilines is 1. The van der Waals surface area contributed by atoms with Gasteiger partial charge in [-0.05, 0) is 55.8 Å². The Morgan fingerprint density at radius 2 is 2.05 bits per heavy atom. The molecule has 11 heteroatoms. The van der Waals surface area contributed by atoms with Crippen molar-refractivity contribution in [3.05, 3.63) is 65.1 Å². The van der Waals surface area contributed by atoms with E-state index in [4.69, 9.17) is 22.1 Å². The van der Waals surface area contributed by atoms with Crippen LogP contribution in [0.1, 0.15) is 25.1 Å². The van der Waals surface area contributed by atoms with Crippen molar-refractivity contribution in [1.82, 2.24) is 30.1 Å². The van der Waals surface area contributed by atoms with Crippen LogP contribution in [0.25, 0.3) is 21.8 Å². The Morgan fingerprint density at radius 3 is 2.87 bits per heavy atom. The van der Waals surface area contributed by atoms with Crippen LogP contribution >= 0.6 is 11.6 Å². The summed E-state index contributed by atoms with van der Waals surface area (Å²) in [6.45, 7) is 5.62. The molecule has 0 spiro atoms. The summed E-state index contributed by atoms with van der Waals surface area (Å²) in [6, 6.07) is 13.2. The van der Waals surface area contributed by atoms with Gasteiger partial charge in [0.1, 0.15) is 12.1 Å². The number of nitrogens with one attached hydrogen (secondary N) is 2. The zero-order valence-corrected chi connectivity index (χ0v) is 22.0. The number of hydrogen-bond donors (Lipinski definition) is 3. The fraction of sp³-hybridized carbons (Fsp3) is 0.333. The molecule has 2 aromatic carbocycles. The van der Waals surface area contributed by atoms with Gasteiger partial charge in [-0.3, -0.25) is 9.69 Å². The zero-order valence-electron chi connectivity index (χ0n) is 21.3. The second kappa shape index (κ2) is 10.8. The molecule has 4 N–H and O–H groups in total. The van der Waals surface area contributed by atoms with Crippen LogP contribution in [-0.2, 0) is 22.6 Å². The molecule has 1 fully saturated rings. The number of alkyl carbamates (subject to hydrolysis) is 1. The van der Waals surface area contributed by atoms with Crippen molar-refractivity contribution in [2.45, 2.75) is 39.1 Å². The number of carbonyl (C=O) groups excluding carboxylic acids is 2. The SMILES string of the molecule is CC(C)OC(=O)NCC1CN(Cc2cc3cc(Cl)ccc3[nH]2)CC(=O)N1Cc1ccc2c(N)ncnc2c1. The third-order valence-electron chi connectivity index (χ3n) is 6.53. The molecule has 3 heterocycles. The van der Waals surface area contributed by atoms with Gasteiger partial charge in [0.2, 0.25) is 5.91 Å². The highest BCUT2D eigenvalue weighted by Gasteiger charge is 2.33. The summed E-state index contributed by atoms with van der Waals surface area (Å²) in [5.41, 5.74) is 9.58. The van der Waals surface area contributed by atoms with Crippen molar-refractivity contribution < 1.29 is 14.3 Å². The van der Waals surface area contributed by atoms with Gasteiger partial charge in [-0.2, -0.15) is 0 Å². The third-order valence-corrected chi connectivity index (χ3v) is 6.77. The maximum atomic E-state index is 13.4. The zero-order chi connectivity index (χ0) is 26.8. The lowest BCUT2D eigenvalue weighted by atomic mass is 10.1. The molecule has 1 saturated heterocycles. The fourth-order valence-corrected chi connectivity index (χ4v) is 5.00. The molecule has 5 rings (SSSR count). The van der Waals surface area contributed by atoms with E-state index in [9.17, 15) is 9.59 Å². The van der Waals surface area contributed by atoms with Crippen LogP contribution in [0.2, 0.25) is 5.02 Å². The summed E-state index contributed by atoms with van der Waals surface area (Å²) in [5.74, 6) is 0.387. The molecule has 0 radical (unpaired) electrons. The normalized spacial score (nSPS) is 16.5. The molecule has 1 aliphatic rings. The number of rotatable bonds is 7. The fourth-order valence-electron chi connectivity index (χ4n) is 4.82. The van der Waals surface area contributed by atoms with E-state index in [-0.39, 0.29) is 31.1 Å². The summed E-state index contributed by atoms with van der Waals surface area (Å²) in [4.78, 5) is 41.3. The number of nitrogens with two attached hydrogens (primary N) is 1. The highest BCUT2D eigenvalue weighted by molar-refractivity contribution is 6.31. The third kappa shape index (κ3) is 5.81. The predicted octanol–water partition coefficient (Wildman–Crippen LogP) is 3.69. The number of halogens is 1. The number of ether oxygens (including phenoxy) is 1. The molecular formula is C27H30ClN7O3. The average molecular weight is 536 g/mol. The van der Waals surface area contributed by atoms with E-state index in [1.54, 1.807) is 13.8 Å². The van der Waals surface area contributed by atoms with Crippen molar-refractivity contribution in [3.8, 4) is 0 Å². The first-order valence-corrected chi connectivity index (χ1v) is 12.9. The van der Waals surface area contributed by atoms with Crippen molar-refractivity contribution >= 4 is 51.2 Å². The molecule has 0 aliphatic carbocycles. The molecule has 1 unspecified atom stereocenters. The molecule has 0 saturated carbocycles. The number of amides is 2. The maximum Gasteiger partial charge on any atom is 0.407 e. The number of nitrogen functional groups attached to an aromatic ring is 1. The monoisotopic (exact) mass is 535 g/mol. The molecule has 2 amide bonds. The first-order chi connectivity index (χ1) is 18.2. The Bertz CT molecular complexity index is 1490. The Morgan fingerprint density at radius 1 is 1.21 bits per heavy atom.